The Labute approximate surface area is 99.1 Å². The number of carbonyl (C=O) groups is 1. The lowest BCUT2D eigenvalue weighted by Crippen LogP contribution is -2.51. The molecule has 0 N–H and O–H groups in total. The summed E-state index contributed by atoms with van der Waals surface area (Å²) in [5.41, 5.74) is 0. The van der Waals surface area contributed by atoms with Crippen molar-refractivity contribution in [3.8, 4) is 0 Å². The van der Waals surface area contributed by atoms with Crippen LogP contribution in [-0.2, 0) is 9.53 Å². The molecule has 0 radical (unpaired) electrons. The molecule has 1 fully saturated rings. The molecule has 0 spiro atoms. The fraction of sp³-hybridized carbons (Fsp3) is 0.923. The van der Waals surface area contributed by atoms with E-state index < -0.39 is 0 Å². The van der Waals surface area contributed by atoms with Crippen LogP contribution >= 0.6 is 0 Å². The molecule has 0 amide bonds. The number of hydrogen-bond donors (Lipinski definition) is 0. The van der Waals surface area contributed by atoms with Gasteiger partial charge in [-0.3, -0.25) is 9.69 Å². The van der Waals surface area contributed by atoms with Gasteiger partial charge in [-0.25, -0.2) is 0 Å². The van der Waals surface area contributed by atoms with E-state index in [1.54, 1.807) is 0 Å². The van der Waals surface area contributed by atoms with Gasteiger partial charge >= 0.3 is 5.97 Å². The van der Waals surface area contributed by atoms with Crippen molar-refractivity contribution in [2.24, 2.45) is 17.8 Å². The van der Waals surface area contributed by atoms with Crippen LogP contribution in [0.25, 0.3) is 0 Å². The average molecular weight is 227 g/mol. The van der Waals surface area contributed by atoms with E-state index in [4.69, 9.17) is 4.74 Å². The standard InChI is InChI=1S/C13H25NO2/c1-9(2)12(13(15)16-5)14-7-10(3)6-11(4)8-14/h9-12H,6-8H2,1-5H3/t10-,11-,12-/m1/s1. The van der Waals surface area contributed by atoms with Crippen LogP contribution in [-0.4, -0.2) is 37.1 Å². The van der Waals surface area contributed by atoms with Gasteiger partial charge in [0.1, 0.15) is 6.04 Å². The molecule has 94 valence electrons. The molecule has 0 bridgehead atoms. The molecule has 3 nitrogen and oxygen atoms in total. The molecule has 3 atom stereocenters. The summed E-state index contributed by atoms with van der Waals surface area (Å²) >= 11 is 0. The SMILES string of the molecule is COC(=O)[C@@H](C(C)C)N1C[C@H](C)C[C@@H](C)C1. The number of ether oxygens (including phenoxy) is 1. The molecule has 0 aromatic heterocycles. The van der Waals surface area contributed by atoms with E-state index in [0.29, 0.717) is 17.8 Å². The van der Waals surface area contributed by atoms with Gasteiger partial charge in [0, 0.05) is 13.1 Å². The van der Waals surface area contributed by atoms with Crippen LogP contribution in [0.1, 0.15) is 34.1 Å². The minimum Gasteiger partial charge on any atom is -0.468 e. The number of rotatable bonds is 3. The molecule has 3 heteroatoms. The molecule has 1 heterocycles. The Morgan fingerprint density at radius 2 is 1.75 bits per heavy atom. The van der Waals surface area contributed by atoms with Crippen molar-refractivity contribution in [1.82, 2.24) is 4.90 Å². The number of methoxy groups -OCH3 is 1. The van der Waals surface area contributed by atoms with E-state index in [0.717, 1.165) is 13.1 Å². The summed E-state index contributed by atoms with van der Waals surface area (Å²) in [6, 6.07) is -0.0739. The topological polar surface area (TPSA) is 29.5 Å². The number of nitrogens with zero attached hydrogens (tertiary/aromatic N) is 1. The molecule has 0 aromatic carbocycles. The van der Waals surface area contributed by atoms with Crippen LogP contribution in [0.15, 0.2) is 0 Å². The molecule has 0 aromatic rings. The Morgan fingerprint density at radius 3 is 2.12 bits per heavy atom. The molecule has 1 saturated heterocycles. The van der Waals surface area contributed by atoms with Gasteiger partial charge in [-0.2, -0.15) is 0 Å². The van der Waals surface area contributed by atoms with Gasteiger partial charge in [0.05, 0.1) is 7.11 Å². The summed E-state index contributed by atoms with van der Waals surface area (Å²) < 4.78 is 4.92. The predicted molar refractivity (Wildman–Crippen MR) is 65.2 cm³/mol. The summed E-state index contributed by atoms with van der Waals surface area (Å²) in [7, 11) is 1.48. The minimum absolute atomic E-state index is 0.0739. The zero-order valence-corrected chi connectivity index (χ0v) is 11.2. The second-order valence-electron chi connectivity index (χ2n) is 5.61. The molecular weight excluding hydrogens is 202 g/mol. The van der Waals surface area contributed by atoms with E-state index in [1.165, 1.54) is 13.5 Å². The first-order chi connectivity index (χ1) is 7.45. The summed E-state index contributed by atoms with van der Waals surface area (Å²) in [5, 5.41) is 0. The summed E-state index contributed by atoms with van der Waals surface area (Å²) in [5.74, 6) is 1.57. The lowest BCUT2D eigenvalue weighted by molar-refractivity contribution is -0.150. The first-order valence-corrected chi connectivity index (χ1v) is 6.27. The summed E-state index contributed by atoms with van der Waals surface area (Å²) in [6.07, 6.45) is 1.27. The highest BCUT2D eigenvalue weighted by Gasteiger charge is 2.34. The van der Waals surface area contributed by atoms with Crippen LogP contribution in [0.5, 0.6) is 0 Å². The van der Waals surface area contributed by atoms with E-state index >= 15 is 0 Å². The maximum absolute atomic E-state index is 11.8. The van der Waals surface area contributed by atoms with Gasteiger partial charge < -0.3 is 4.74 Å². The first-order valence-electron chi connectivity index (χ1n) is 6.27. The quantitative estimate of drug-likeness (QED) is 0.692. The highest BCUT2D eigenvalue weighted by atomic mass is 16.5. The highest BCUT2D eigenvalue weighted by Crippen LogP contribution is 2.25. The number of piperidine rings is 1. The van der Waals surface area contributed by atoms with Crippen LogP contribution in [0.2, 0.25) is 0 Å². The third kappa shape index (κ3) is 3.21. The van der Waals surface area contributed by atoms with Crippen LogP contribution in [0.3, 0.4) is 0 Å². The zero-order valence-electron chi connectivity index (χ0n) is 11.2. The molecule has 0 aliphatic carbocycles. The van der Waals surface area contributed by atoms with Crippen LogP contribution < -0.4 is 0 Å². The number of esters is 1. The van der Waals surface area contributed by atoms with E-state index in [9.17, 15) is 4.79 Å². The number of carbonyl (C=O) groups excluding carboxylic acids is 1. The second-order valence-corrected chi connectivity index (χ2v) is 5.61. The van der Waals surface area contributed by atoms with Crippen molar-refractivity contribution in [1.29, 1.82) is 0 Å². The second kappa shape index (κ2) is 5.67. The predicted octanol–water partition coefficient (Wildman–Crippen LogP) is 2.16. The monoisotopic (exact) mass is 227 g/mol. The lowest BCUT2D eigenvalue weighted by atomic mass is 9.89. The minimum atomic E-state index is -0.0868. The van der Waals surface area contributed by atoms with E-state index in [-0.39, 0.29) is 12.0 Å². The average Bonchev–Trinajstić information content (AvgIpc) is 2.15. The van der Waals surface area contributed by atoms with Gasteiger partial charge in [-0.15, -0.1) is 0 Å². The third-order valence-electron chi connectivity index (χ3n) is 3.36. The normalized spacial score (nSPS) is 29.1. The molecule has 0 unspecified atom stereocenters. The number of likely N-dealkylation sites (tertiary alicyclic amines) is 1. The highest BCUT2D eigenvalue weighted by molar-refractivity contribution is 5.76. The van der Waals surface area contributed by atoms with Crippen molar-refractivity contribution in [3.05, 3.63) is 0 Å². The summed E-state index contributed by atoms with van der Waals surface area (Å²) in [4.78, 5) is 14.1. The van der Waals surface area contributed by atoms with Crippen LogP contribution in [0, 0.1) is 17.8 Å². The largest absolute Gasteiger partial charge is 0.468 e. The fourth-order valence-electron chi connectivity index (χ4n) is 2.90. The Kier molecular flexibility index (Phi) is 4.78. The zero-order chi connectivity index (χ0) is 12.3. The summed E-state index contributed by atoms with van der Waals surface area (Å²) in [6.45, 7) is 10.7. The maximum Gasteiger partial charge on any atom is 0.323 e. The molecule has 0 saturated carbocycles. The van der Waals surface area contributed by atoms with Gasteiger partial charge in [-0.1, -0.05) is 27.7 Å². The Bertz CT molecular complexity index is 230. The Balaban J connectivity index is 2.74. The van der Waals surface area contributed by atoms with Crippen molar-refractivity contribution >= 4 is 5.97 Å². The van der Waals surface area contributed by atoms with E-state index in [2.05, 4.69) is 32.6 Å². The van der Waals surface area contributed by atoms with Gasteiger partial charge in [0.2, 0.25) is 0 Å². The lowest BCUT2D eigenvalue weighted by Gasteiger charge is -2.40. The first kappa shape index (κ1) is 13.5. The number of hydrogen-bond acceptors (Lipinski definition) is 3. The Hall–Kier alpha value is -0.570. The van der Waals surface area contributed by atoms with Crippen LogP contribution in [0.4, 0.5) is 0 Å². The maximum atomic E-state index is 11.8. The van der Waals surface area contributed by atoms with Gasteiger partial charge in [-0.05, 0) is 24.2 Å². The fourth-order valence-corrected chi connectivity index (χ4v) is 2.90. The van der Waals surface area contributed by atoms with Crippen molar-refractivity contribution in [3.63, 3.8) is 0 Å². The molecule has 1 aliphatic heterocycles. The van der Waals surface area contributed by atoms with Gasteiger partial charge in [0.25, 0.3) is 0 Å². The van der Waals surface area contributed by atoms with Crippen molar-refractivity contribution in [2.45, 2.75) is 40.2 Å². The van der Waals surface area contributed by atoms with E-state index in [1.807, 2.05) is 0 Å². The third-order valence-corrected chi connectivity index (χ3v) is 3.36. The van der Waals surface area contributed by atoms with Crippen molar-refractivity contribution in [2.75, 3.05) is 20.2 Å². The van der Waals surface area contributed by atoms with Crippen molar-refractivity contribution < 1.29 is 9.53 Å². The molecule has 16 heavy (non-hydrogen) atoms. The Morgan fingerprint density at radius 1 is 1.25 bits per heavy atom. The molecule has 1 rings (SSSR count). The molecule has 1 aliphatic rings. The molecular formula is C13H25NO2. The van der Waals surface area contributed by atoms with Gasteiger partial charge in [0.15, 0.2) is 0 Å². The smallest absolute Gasteiger partial charge is 0.323 e.